The van der Waals surface area contributed by atoms with Gasteiger partial charge in [-0.15, -0.1) is 6.58 Å². The van der Waals surface area contributed by atoms with Gasteiger partial charge < -0.3 is 15.3 Å². The van der Waals surface area contributed by atoms with E-state index in [1.807, 2.05) is 0 Å². The standard InChI is InChI=1S/C10H22N2O/c1-4-7-11-8-10(13)9-12(5-2)6-3/h4,10-11,13H,1,5-9H2,2-3H3/t10-/m0/s1. The van der Waals surface area contributed by atoms with Crippen molar-refractivity contribution in [2.75, 3.05) is 32.7 Å². The van der Waals surface area contributed by atoms with Gasteiger partial charge in [0.05, 0.1) is 6.10 Å². The molecule has 0 spiro atoms. The van der Waals surface area contributed by atoms with Gasteiger partial charge in [-0.1, -0.05) is 19.9 Å². The molecule has 0 aromatic heterocycles. The molecule has 3 heteroatoms. The van der Waals surface area contributed by atoms with E-state index in [9.17, 15) is 5.11 Å². The van der Waals surface area contributed by atoms with Crippen molar-refractivity contribution >= 4 is 0 Å². The summed E-state index contributed by atoms with van der Waals surface area (Å²) in [6, 6.07) is 0. The molecule has 0 unspecified atom stereocenters. The van der Waals surface area contributed by atoms with Crippen molar-refractivity contribution in [2.45, 2.75) is 20.0 Å². The van der Waals surface area contributed by atoms with E-state index >= 15 is 0 Å². The Balaban J connectivity index is 3.47. The second-order valence-electron chi connectivity index (χ2n) is 3.09. The number of nitrogens with zero attached hydrogens (tertiary/aromatic N) is 1. The van der Waals surface area contributed by atoms with Gasteiger partial charge in [-0.2, -0.15) is 0 Å². The van der Waals surface area contributed by atoms with Crippen LogP contribution in [0.15, 0.2) is 12.7 Å². The molecular weight excluding hydrogens is 164 g/mol. The van der Waals surface area contributed by atoms with Crippen molar-refractivity contribution in [2.24, 2.45) is 0 Å². The lowest BCUT2D eigenvalue weighted by Gasteiger charge is -2.21. The summed E-state index contributed by atoms with van der Waals surface area (Å²) in [7, 11) is 0. The minimum Gasteiger partial charge on any atom is -0.390 e. The third-order valence-electron chi connectivity index (χ3n) is 2.03. The smallest absolute Gasteiger partial charge is 0.0791 e. The maximum atomic E-state index is 9.57. The predicted molar refractivity (Wildman–Crippen MR) is 56.9 cm³/mol. The van der Waals surface area contributed by atoms with E-state index < -0.39 is 0 Å². The lowest BCUT2D eigenvalue weighted by Crippen LogP contribution is -2.38. The minimum absolute atomic E-state index is 0.278. The Morgan fingerprint density at radius 2 is 2.08 bits per heavy atom. The van der Waals surface area contributed by atoms with Gasteiger partial charge in [0.1, 0.15) is 0 Å². The van der Waals surface area contributed by atoms with Gasteiger partial charge in [0.25, 0.3) is 0 Å². The fourth-order valence-electron chi connectivity index (χ4n) is 1.20. The molecule has 2 N–H and O–H groups in total. The maximum absolute atomic E-state index is 9.57. The van der Waals surface area contributed by atoms with E-state index in [2.05, 4.69) is 30.6 Å². The highest BCUT2D eigenvalue weighted by molar-refractivity contribution is 4.72. The van der Waals surface area contributed by atoms with Gasteiger partial charge in [0.2, 0.25) is 0 Å². The van der Waals surface area contributed by atoms with Gasteiger partial charge >= 0.3 is 0 Å². The minimum atomic E-state index is -0.278. The first-order valence-corrected chi connectivity index (χ1v) is 4.96. The second-order valence-corrected chi connectivity index (χ2v) is 3.09. The van der Waals surface area contributed by atoms with Gasteiger partial charge in [0, 0.05) is 19.6 Å². The molecule has 0 aliphatic heterocycles. The first kappa shape index (κ1) is 12.6. The molecule has 0 rings (SSSR count). The molecule has 0 aromatic rings. The van der Waals surface area contributed by atoms with Crippen molar-refractivity contribution in [3.8, 4) is 0 Å². The Kier molecular flexibility index (Phi) is 7.99. The highest BCUT2D eigenvalue weighted by atomic mass is 16.3. The highest BCUT2D eigenvalue weighted by Gasteiger charge is 2.07. The van der Waals surface area contributed by atoms with E-state index in [1.54, 1.807) is 6.08 Å². The van der Waals surface area contributed by atoms with Crippen LogP contribution in [0.5, 0.6) is 0 Å². The zero-order valence-electron chi connectivity index (χ0n) is 8.79. The Hall–Kier alpha value is -0.380. The quantitative estimate of drug-likeness (QED) is 0.427. The van der Waals surface area contributed by atoms with Crippen molar-refractivity contribution < 1.29 is 5.11 Å². The largest absolute Gasteiger partial charge is 0.390 e. The molecular formula is C10H22N2O. The Bertz CT molecular complexity index is 124. The Morgan fingerprint density at radius 3 is 2.54 bits per heavy atom. The number of likely N-dealkylation sites (N-methyl/N-ethyl adjacent to an activating group) is 1. The molecule has 1 atom stereocenters. The lowest BCUT2D eigenvalue weighted by atomic mass is 10.3. The van der Waals surface area contributed by atoms with Crippen molar-refractivity contribution in [3.05, 3.63) is 12.7 Å². The maximum Gasteiger partial charge on any atom is 0.0791 e. The summed E-state index contributed by atoms with van der Waals surface area (Å²) >= 11 is 0. The number of hydrogen-bond acceptors (Lipinski definition) is 3. The van der Waals surface area contributed by atoms with Gasteiger partial charge in [-0.3, -0.25) is 0 Å². The zero-order chi connectivity index (χ0) is 10.1. The normalized spacial score (nSPS) is 13.2. The van der Waals surface area contributed by atoms with Crippen molar-refractivity contribution in [1.82, 2.24) is 10.2 Å². The van der Waals surface area contributed by atoms with Crippen LogP contribution < -0.4 is 5.32 Å². The summed E-state index contributed by atoms with van der Waals surface area (Å²) in [5.74, 6) is 0. The lowest BCUT2D eigenvalue weighted by molar-refractivity contribution is 0.118. The number of nitrogens with one attached hydrogen (secondary N) is 1. The van der Waals surface area contributed by atoms with Crippen LogP contribution >= 0.6 is 0 Å². The van der Waals surface area contributed by atoms with Crippen LogP contribution in [-0.4, -0.2) is 48.8 Å². The monoisotopic (exact) mass is 186 g/mol. The third-order valence-corrected chi connectivity index (χ3v) is 2.03. The molecule has 0 amide bonds. The van der Waals surface area contributed by atoms with Crippen LogP contribution in [-0.2, 0) is 0 Å². The number of hydrogen-bond donors (Lipinski definition) is 2. The van der Waals surface area contributed by atoms with Crippen molar-refractivity contribution in [3.63, 3.8) is 0 Å². The Labute approximate surface area is 81.4 Å². The fraction of sp³-hybridized carbons (Fsp3) is 0.800. The average molecular weight is 186 g/mol. The van der Waals surface area contributed by atoms with Crippen LogP contribution in [0.3, 0.4) is 0 Å². The van der Waals surface area contributed by atoms with Gasteiger partial charge in [-0.05, 0) is 13.1 Å². The second kappa shape index (κ2) is 8.23. The topological polar surface area (TPSA) is 35.5 Å². The van der Waals surface area contributed by atoms with Gasteiger partial charge in [-0.25, -0.2) is 0 Å². The number of aliphatic hydroxyl groups is 1. The third kappa shape index (κ3) is 6.75. The summed E-state index contributed by atoms with van der Waals surface area (Å²) in [5, 5.41) is 12.7. The molecule has 0 bridgehead atoms. The molecule has 3 nitrogen and oxygen atoms in total. The molecule has 0 aliphatic rings. The molecule has 0 aliphatic carbocycles. The van der Waals surface area contributed by atoms with E-state index in [4.69, 9.17) is 0 Å². The molecule has 0 heterocycles. The van der Waals surface area contributed by atoms with E-state index in [-0.39, 0.29) is 6.10 Å². The van der Waals surface area contributed by atoms with Crippen LogP contribution in [0.25, 0.3) is 0 Å². The molecule has 0 saturated heterocycles. The van der Waals surface area contributed by atoms with E-state index in [0.29, 0.717) is 6.54 Å². The van der Waals surface area contributed by atoms with Crippen LogP contribution in [0.4, 0.5) is 0 Å². The predicted octanol–water partition coefficient (Wildman–Crippen LogP) is 0.465. The summed E-state index contributed by atoms with van der Waals surface area (Å²) in [5.41, 5.74) is 0. The average Bonchev–Trinajstić information content (AvgIpc) is 2.14. The van der Waals surface area contributed by atoms with Crippen LogP contribution in [0.1, 0.15) is 13.8 Å². The summed E-state index contributed by atoms with van der Waals surface area (Å²) in [4.78, 5) is 2.21. The first-order valence-electron chi connectivity index (χ1n) is 4.96. The van der Waals surface area contributed by atoms with E-state index in [1.165, 1.54) is 0 Å². The molecule has 0 fully saturated rings. The van der Waals surface area contributed by atoms with Crippen LogP contribution in [0, 0.1) is 0 Å². The molecule has 0 aromatic carbocycles. The van der Waals surface area contributed by atoms with E-state index in [0.717, 1.165) is 26.2 Å². The Morgan fingerprint density at radius 1 is 1.46 bits per heavy atom. The van der Waals surface area contributed by atoms with Gasteiger partial charge in [0.15, 0.2) is 0 Å². The number of aliphatic hydroxyl groups excluding tert-OH is 1. The number of rotatable bonds is 8. The summed E-state index contributed by atoms with van der Waals surface area (Å²) in [6.45, 7) is 11.9. The van der Waals surface area contributed by atoms with Crippen LogP contribution in [0.2, 0.25) is 0 Å². The fourth-order valence-corrected chi connectivity index (χ4v) is 1.20. The zero-order valence-corrected chi connectivity index (χ0v) is 8.79. The van der Waals surface area contributed by atoms with Crippen molar-refractivity contribution in [1.29, 1.82) is 0 Å². The highest BCUT2D eigenvalue weighted by Crippen LogP contribution is 1.90. The molecule has 78 valence electrons. The molecule has 0 radical (unpaired) electrons. The summed E-state index contributed by atoms with van der Waals surface area (Å²) in [6.07, 6.45) is 1.52. The summed E-state index contributed by atoms with van der Waals surface area (Å²) < 4.78 is 0. The SMILES string of the molecule is C=CCNC[C@H](O)CN(CC)CC. The first-order chi connectivity index (χ1) is 6.24. The molecule has 13 heavy (non-hydrogen) atoms. The molecule has 0 saturated carbocycles.